The maximum atomic E-state index is 13.6. The molecule has 0 bridgehead atoms. The maximum absolute atomic E-state index is 13.6. The van der Waals surface area contributed by atoms with E-state index in [4.69, 9.17) is 0 Å². The highest BCUT2D eigenvalue weighted by atomic mass is 79.9. The second-order valence-electron chi connectivity index (χ2n) is 5.47. The molecule has 0 heterocycles. The van der Waals surface area contributed by atoms with Crippen LogP contribution in [0.1, 0.15) is 16.7 Å². The van der Waals surface area contributed by atoms with Crippen molar-refractivity contribution in [3.05, 3.63) is 93.7 Å². The summed E-state index contributed by atoms with van der Waals surface area (Å²) in [7, 11) is 0. The summed E-state index contributed by atoms with van der Waals surface area (Å²) in [6.07, 6.45) is 0. The van der Waals surface area contributed by atoms with Crippen LogP contribution in [0, 0.1) is 24.6 Å². The molecule has 25 heavy (non-hydrogen) atoms. The van der Waals surface area contributed by atoms with Crippen molar-refractivity contribution in [3.8, 4) is 11.8 Å². The molecule has 3 aromatic rings. The Hall–Kier alpha value is -2.22. The van der Waals surface area contributed by atoms with E-state index >= 15 is 0 Å². The molecule has 0 aromatic heterocycles. The molecule has 0 radical (unpaired) electrons. The molecule has 0 aliphatic rings. The molecule has 3 aromatic carbocycles. The van der Waals surface area contributed by atoms with E-state index in [1.54, 1.807) is 6.07 Å². The molecule has 1 N–H and O–H groups in total. The molecule has 124 valence electrons. The van der Waals surface area contributed by atoms with Gasteiger partial charge in [0.05, 0.1) is 11.3 Å². The molecule has 0 spiro atoms. The third-order valence-corrected chi connectivity index (χ3v) is 4.77. The third kappa shape index (κ3) is 5.12. The lowest BCUT2D eigenvalue weighted by Gasteiger charge is -2.08. The fourth-order valence-electron chi connectivity index (χ4n) is 2.13. The van der Waals surface area contributed by atoms with E-state index in [2.05, 4.69) is 51.5 Å². The Morgan fingerprint density at radius 3 is 2.52 bits per heavy atom. The minimum Gasteiger partial charge on any atom is -0.325 e. The van der Waals surface area contributed by atoms with Crippen LogP contribution in [-0.2, 0) is 0 Å². The largest absolute Gasteiger partial charge is 0.325 e. The Kier molecular flexibility index (Phi) is 5.80. The number of anilines is 1. The van der Waals surface area contributed by atoms with Gasteiger partial charge >= 0.3 is 0 Å². The van der Waals surface area contributed by atoms with Crippen LogP contribution < -0.4 is 4.72 Å². The van der Waals surface area contributed by atoms with E-state index in [0.29, 0.717) is 5.56 Å². The highest BCUT2D eigenvalue weighted by Gasteiger charge is 2.03. The molecule has 0 fully saturated rings. The molecule has 1 nitrogen and oxygen atoms in total. The van der Waals surface area contributed by atoms with Crippen molar-refractivity contribution < 1.29 is 4.39 Å². The highest BCUT2D eigenvalue weighted by Crippen LogP contribution is 2.24. The Bertz CT molecular complexity index is 942. The first-order valence-corrected chi connectivity index (χ1v) is 9.28. The zero-order valence-electron chi connectivity index (χ0n) is 13.5. The number of nitrogens with one attached hydrogen (secondary N) is 1. The van der Waals surface area contributed by atoms with Crippen molar-refractivity contribution in [1.29, 1.82) is 0 Å². The van der Waals surface area contributed by atoms with E-state index in [0.717, 1.165) is 20.6 Å². The van der Waals surface area contributed by atoms with Gasteiger partial charge < -0.3 is 4.72 Å². The number of rotatable bonds is 3. The van der Waals surface area contributed by atoms with Gasteiger partial charge in [0.15, 0.2) is 0 Å². The standard InChI is InChI=1S/C21H15BrFNS/c1-15-5-10-20(11-6-15)25-24-21-12-9-19(23)14-17(21)8-7-16-3-2-4-18(22)13-16/h2-6,9-14,24H,1H3. The van der Waals surface area contributed by atoms with Gasteiger partial charge in [0, 0.05) is 14.9 Å². The van der Waals surface area contributed by atoms with Crippen molar-refractivity contribution in [1.82, 2.24) is 0 Å². The summed E-state index contributed by atoms with van der Waals surface area (Å²) < 4.78 is 17.9. The minimum atomic E-state index is -0.301. The van der Waals surface area contributed by atoms with Crippen molar-refractivity contribution in [3.63, 3.8) is 0 Å². The Morgan fingerprint density at radius 1 is 0.960 bits per heavy atom. The van der Waals surface area contributed by atoms with E-state index < -0.39 is 0 Å². The van der Waals surface area contributed by atoms with Gasteiger partial charge in [0.1, 0.15) is 5.82 Å². The SMILES string of the molecule is Cc1ccc(SNc2ccc(F)cc2C#Cc2cccc(Br)c2)cc1. The molecular formula is C21H15BrFNS. The lowest BCUT2D eigenvalue weighted by Crippen LogP contribution is -1.92. The summed E-state index contributed by atoms with van der Waals surface area (Å²) in [6.45, 7) is 2.05. The predicted molar refractivity (Wildman–Crippen MR) is 107 cm³/mol. The Morgan fingerprint density at radius 2 is 1.76 bits per heavy atom. The molecule has 0 amide bonds. The molecule has 0 unspecified atom stereocenters. The molecule has 3 rings (SSSR count). The second kappa shape index (κ2) is 8.24. The van der Waals surface area contributed by atoms with E-state index in [1.807, 2.05) is 36.4 Å². The van der Waals surface area contributed by atoms with Gasteiger partial charge in [-0.15, -0.1) is 0 Å². The molecule has 4 heteroatoms. The van der Waals surface area contributed by atoms with E-state index in [1.165, 1.54) is 29.6 Å². The molecule has 0 aliphatic carbocycles. The summed E-state index contributed by atoms with van der Waals surface area (Å²) >= 11 is 4.91. The van der Waals surface area contributed by atoms with Crippen molar-refractivity contribution in [2.45, 2.75) is 11.8 Å². The number of hydrogen-bond donors (Lipinski definition) is 1. The Balaban J connectivity index is 1.82. The van der Waals surface area contributed by atoms with Gasteiger partial charge in [-0.3, -0.25) is 0 Å². The first kappa shape index (κ1) is 17.6. The fourth-order valence-corrected chi connectivity index (χ4v) is 3.21. The summed E-state index contributed by atoms with van der Waals surface area (Å²) in [5, 5.41) is 0. The van der Waals surface area contributed by atoms with Crippen LogP contribution in [0.4, 0.5) is 10.1 Å². The summed E-state index contributed by atoms with van der Waals surface area (Å²) in [4.78, 5) is 1.08. The van der Waals surface area contributed by atoms with Crippen LogP contribution in [0.25, 0.3) is 0 Å². The molecule has 0 aliphatic heterocycles. The third-order valence-electron chi connectivity index (χ3n) is 3.45. The summed E-state index contributed by atoms with van der Waals surface area (Å²) in [6, 6.07) is 20.5. The number of aryl methyl sites for hydroxylation is 1. The zero-order chi connectivity index (χ0) is 17.6. The first-order valence-electron chi connectivity index (χ1n) is 7.67. The number of halogens is 2. The van der Waals surface area contributed by atoms with Crippen LogP contribution >= 0.6 is 27.9 Å². The van der Waals surface area contributed by atoms with E-state index in [9.17, 15) is 4.39 Å². The number of hydrogen-bond acceptors (Lipinski definition) is 2. The fraction of sp³-hybridized carbons (Fsp3) is 0.0476. The first-order chi connectivity index (χ1) is 12.1. The highest BCUT2D eigenvalue weighted by molar-refractivity contribution is 9.10. The summed E-state index contributed by atoms with van der Waals surface area (Å²) in [5.74, 6) is 5.83. The second-order valence-corrected chi connectivity index (χ2v) is 7.26. The molecule has 0 saturated heterocycles. The van der Waals surface area contributed by atoms with Crippen molar-refractivity contribution in [2.75, 3.05) is 4.72 Å². The minimum absolute atomic E-state index is 0.301. The lowest BCUT2D eigenvalue weighted by atomic mass is 10.1. The molecule has 0 saturated carbocycles. The topological polar surface area (TPSA) is 12.0 Å². The number of benzene rings is 3. The Labute approximate surface area is 159 Å². The van der Waals surface area contributed by atoms with Crippen molar-refractivity contribution in [2.24, 2.45) is 0 Å². The van der Waals surface area contributed by atoms with Gasteiger partial charge in [0.25, 0.3) is 0 Å². The van der Waals surface area contributed by atoms with Crippen LogP contribution in [0.2, 0.25) is 0 Å². The molecule has 0 atom stereocenters. The summed E-state index contributed by atoms with van der Waals surface area (Å²) in [5.41, 5.74) is 3.50. The van der Waals surface area contributed by atoms with Gasteiger partial charge in [0.2, 0.25) is 0 Å². The van der Waals surface area contributed by atoms with Crippen LogP contribution in [0.15, 0.2) is 76.1 Å². The lowest BCUT2D eigenvalue weighted by molar-refractivity contribution is 0.627. The normalized spacial score (nSPS) is 10.0. The van der Waals surface area contributed by atoms with Crippen LogP contribution in [-0.4, -0.2) is 0 Å². The van der Waals surface area contributed by atoms with Gasteiger partial charge in [-0.05, 0) is 67.4 Å². The van der Waals surface area contributed by atoms with Crippen LogP contribution in [0.5, 0.6) is 0 Å². The molecular weight excluding hydrogens is 397 g/mol. The van der Waals surface area contributed by atoms with Gasteiger partial charge in [-0.25, -0.2) is 4.39 Å². The monoisotopic (exact) mass is 411 g/mol. The van der Waals surface area contributed by atoms with Crippen LogP contribution in [0.3, 0.4) is 0 Å². The van der Waals surface area contributed by atoms with Gasteiger partial charge in [-0.2, -0.15) is 0 Å². The van der Waals surface area contributed by atoms with Crippen molar-refractivity contribution >= 4 is 33.6 Å². The predicted octanol–water partition coefficient (Wildman–Crippen LogP) is 6.42. The average Bonchev–Trinajstić information content (AvgIpc) is 2.60. The average molecular weight is 412 g/mol. The smallest absolute Gasteiger partial charge is 0.124 e. The maximum Gasteiger partial charge on any atom is 0.124 e. The van der Waals surface area contributed by atoms with E-state index in [-0.39, 0.29) is 5.82 Å². The van der Waals surface area contributed by atoms with Gasteiger partial charge in [-0.1, -0.05) is 51.5 Å². The zero-order valence-corrected chi connectivity index (χ0v) is 15.9. The quantitative estimate of drug-likeness (QED) is 0.394.